The van der Waals surface area contributed by atoms with Gasteiger partial charge >= 0.3 is 11.9 Å². The fraction of sp³-hybridized carbons (Fsp3) is 0.533. The standard InChI is InChI=1S/C15H19F3N6O3/c1-9-7-10(2)22(20-9)6-4-5-19-12(25)8-23-11(3)13(24(26)27)14(21-23)15(16,17)18/h7H,4-6,8H2,1-3H3,(H,19,25). The van der Waals surface area contributed by atoms with Gasteiger partial charge in [0.1, 0.15) is 12.2 Å². The molecule has 0 saturated heterocycles. The van der Waals surface area contributed by atoms with Gasteiger partial charge in [0.05, 0.1) is 10.6 Å². The molecule has 0 aliphatic heterocycles. The maximum atomic E-state index is 12.9. The second kappa shape index (κ2) is 7.76. The molecule has 0 aliphatic carbocycles. The van der Waals surface area contributed by atoms with E-state index < -0.39 is 34.9 Å². The zero-order valence-corrected chi connectivity index (χ0v) is 15.0. The van der Waals surface area contributed by atoms with Crippen molar-refractivity contribution >= 4 is 11.6 Å². The Kier molecular flexibility index (Phi) is 5.86. The molecule has 0 spiro atoms. The summed E-state index contributed by atoms with van der Waals surface area (Å²) >= 11 is 0. The van der Waals surface area contributed by atoms with Gasteiger partial charge in [-0.2, -0.15) is 23.4 Å². The highest BCUT2D eigenvalue weighted by atomic mass is 19.4. The van der Waals surface area contributed by atoms with Gasteiger partial charge in [0.15, 0.2) is 0 Å². The van der Waals surface area contributed by atoms with Gasteiger partial charge < -0.3 is 5.32 Å². The van der Waals surface area contributed by atoms with E-state index in [4.69, 9.17) is 0 Å². The van der Waals surface area contributed by atoms with Crippen molar-refractivity contribution in [3.05, 3.63) is 39.0 Å². The number of carbonyl (C=O) groups excluding carboxylic acids is 1. The van der Waals surface area contributed by atoms with Crippen LogP contribution in [-0.4, -0.2) is 36.9 Å². The Morgan fingerprint density at radius 1 is 1.26 bits per heavy atom. The highest BCUT2D eigenvalue weighted by Gasteiger charge is 2.44. The summed E-state index contributed by atoms with van der Waals surface area (Å²) in [5, 5.41) is 21.0. The fourth-order valence-corrected chi connectivity index (χ4v) is 2.65. The van der Waals surface area contributed by atoms with Crippen molar-refractivity contribution in [1.29, 1.82) is 0 Å². The third-order valence-corrected chi connectivity index (χ3v) is 3.89. The average molecular weight is 388 g/mol. The van der Waals surface area contributed by atoms with Crippen LogP contribution in [0.3, 0.4) is 0 Å². The number of aryl methyl sites for hydroxylation is 3. The van der Waals surface area contributed by atoms with E-state index in [0.717, 1.165) is 18.3 Å². The lowest BCUT2D eigenvalue weighted by atomic mass is 10.3. The summed E-state index contributed by atoms with van der Waals surface area (Å²) in [5.74, 6) is -0.586. The summed E-state index contributed by atoms with van der Waals surface area (Å²) in [5.41, 5.74) is -1.21. The van der Waals surface area contributed by atoms with Crippen molar-refractivity contribution < 1.29 is 22.9 Å². The van der Waals surface area contributed by atoms with Crippen LogP contribution in [0.2, 0.25) is 0 Å². The van der Waals surface area contributed by atoms with Crippen molar-refractivity contribution in [2.75, 3.05) is 6.54 Å². The van der Waals surface area contributed by atoms with Crippen molar-refractivity contribution in [3.63, 3.8) is 0 Å². The quantitative estimate of drug-likeness (QED) is 0.444. The van der Waals surface area contributed by atoms with E-state index in [1.54, 1.807) is 4.68 Å². The highest BCUT2D eigenvalue weighted by Crippen LogP contribution is 2.36. The molecular weight excluding hydrogens is 369 g/mol. The van der Waals surface area contributed by atoms with E-state index in [0.29, 0.717) is 17.6 Å². The molecule has 0 unspecified atom stereocenters. The molecule has 2 rings (SSSR count). The van der Waals surface area contributed by atoms with Crippen LogP contribution in [0.5, 0.6) is 0 Å². The Morgan fingerprint density at radius 2 is 1.93 bits per heavy atom. The first kappa shape index (κ1) is 20.4. The van der Waals surface area contributed by atoms with Gasteiger partial charge in [-0.05, 0) is 33.3 Å². The Morgan fingerprint density at radius 3 is 2.41 bits per heavy atom. The Balaban J connectivity index is 1.95. The maximum absolute atomic E-state index is 12.9. The molecule has 148 valence electrons. The molecule has 0 bridgehead atoms. The summed E-state index contributed by atoms with van der Waals surface area (Å²) in [7, 11) is 0. The summed E-state index contributed by atoms with van der Waals surface area (Å²) in [6.07, 6.45) is -4.41. The number of amides is 1. The molecule has 12 heteroatoms. The van der Waals surface area contributed by atoms with Gasteiger partial charge in [0.25, 0.3) is 0 Å². The molecule has 27 heavy (non-hydrogen) atoms. The molecule has 0 radical (unpaired) electrons. The number of hydrogen-bond acceptors (Lipinski definition) is 5. The fourth-order valence-electron chi connectivity index (χ4n) is 2.65. The minimum atomic E-state index is -4.98. The van der Waals surface area contributed by atoms with E-state index in [-0.39, 0.29) is 12.2 Å². The van der Waals surface area contributed by atoms with Crippen LogP contribution in [0.4, 0.5) is 18.9 Å². The number of halogens is 3. The zero-order valence-electron chi connectivity index (χ0n) is 15.0. The van der Waals surface area contributed by atoms with Crippen LogP contribution in [0.1, 0.15) is 29.2 Å². The predicted molar refractivity (Wildman–Crippen MR) is 87.9 cm³/mol. The van der Waals surface area contributed by atoms with Crippen molar-refractivity contribution in [2.24, 2.45) is 0 Å². The summed E-state index contributed by atoms with van der Waals surface area (Å²) < 4.78 is 41.2. The first-order valence-electron chi connectivity index (χ1n) is 8.07. The van der Waals surface area contributed by atoms with E-state index in [1.165, 1.54) is 0 Å². The second-order valence-electron chi connectivity index (χ2n) is 6.05. The molecule has 9 nitrogen and oxygen atoms in total. The average Bonchev–Trinajstić information content (AvgIpc) is 3.03. The van der Waals surface area contributed by atoms with Crippen LogP contribution in [-0.2, 0) is 24.1 Å². The van der Waals surface area contributed by atoms with Crippen molar-refractivity contribution in [3.8, 4) is 0 Å². The molecule has 1 N–H and O–H groups in total. The molecule has 0 saturated carbocycles. The van der Waals surface area contributed by atoms with Crippen LogP contribution in [0, 0.1) is 30.9 Å². The zero-order chi connectivity index (χ0) is 20.4. The van der Waals surface area contributed by atoms with Crippen LogP contribution < -0.4 is 5.32 Å². The minimum absolute atomic E-state index is 0.283. The number of hydrogen-bond donors (Lipinski definition) is 1. The first-order valence-corrected chi connectivity index (χ1v) is 8.07. The number of alkyl halides is 3. The van der Waals surface area contributed by atoms with E-state index in [2.05, 4.69) is 15.5 Å². The van der Waals surface area contributed by atoms with Gasteiger partial charge in [0.2, 0.25) is 11.6 Å². The number of nitro groups is 1. The number of nitrogens with zero attached hydrogens (tertiary/aromatic N) is 5. The van der Waals surface area contributed by atoms with Crippen molar-refractivity contribution in [1.82, 2.24) is 24.9 Å². The minimum Gasteiger partial charge on any atom is -0.354 e. The monoisotopic (exact) mass is 388 g/mol. The summed E-state index contributed by atoms with van der Waals surface area (Å²) in [4.78, 5) is 21.7. The van der Waals surface area contributed by atoms with Gasteiger partial charge in [0, 0.05) is 18.8 Å². The first-order chi connectivity index (χ1) is 12.5. The van der Waals surface area contributed by atoms with Gasteiger partial charge in [-0.15, -0.1) is 0 Å². The highest BCUT2D eigenvalue weighted by molar-refractivity contribution is 5.75. The molecule has 2 heterocycles. The van der Waals surface area contributed by atoms with E-state index in [1.807, 2.05) is 19.9 Å². The summed E-state index contributed by atoms with van der Waals surface area (Å²) in [6, 6.07) is 1.92. The maximum Gasteiger partial charge on any atom is 0.442 e. The lowest BCUT2D eigenvalue weighted by molar-refractivity contribution is -0.388. The molecule has 1 amide bonds. The number of aromatic nitrogens is 4. The molecule has 2 aromatic heterocycles. The van der Waals surface area contributed by atoms with Gasteiger partial charge in [-0.3, -0.25) is 24.3 Å². The van der Waals surface area contributed by atoms with E-state index in [9.17, 15) is 28.1 Å². The Bertz CT molecular complexity index is 856. The van der Waals surface area contributed by atoms with Gasteiger partial charge in [-0.1, -0.05) is 0 Å². The molecule has 0 atom stereocenters. The number of nitrogens with one attached hydrogen (secondary N) is 1. The SMILES string of the molecule is Cc1cc(C)n(CCCNC(=O)Cn2nc(C(F)(F)F)c([N+](=O)[O-])c2C)n1. The normalized spacial score (nSPS) is 11.6. The number of rotatable bonds is 7. The molecule has 0 aliphatic rings. The third-order valence-electron chi connectivity index (χ3n) is 3.89. The topological polar surface area (TPSA) is 108 Å². The van der Waals surface area contributed by atoms with Crippen LogP contribution in [0.15, 0.2) is 6.07 Å². The Hall–Kier alpha value is -2.92. The second-order valence-corrected chi connectivity index (χ2v) is 6.05. The smallest absolute Gasteiger partial charge is 0.354 e. The summed E-state index contributed by atoms with van der Waals surface area (Å²) in [6.45, 7) is 5.21. The lowest BCUT2D eigenvalue weighted by Gasteiger charge is -2.07. The largest absolute Gasteiger partial charge is 0.442 e. The van der Waals surface area contributed by atoms with Crippen LogP contribution >= 0.6 is 0 Å². The number of carbonyl (C=O) groups is 1. The van der Waals surface area contributed by atoms with Gasteiger partial charge in [-0.25, -0.2) is 0 Å². The molecular formula is C15H19F3N6O3. The lowest BCUT2D eigenvalue weighted by Crippen LogP contribution is -2.30. The third kappa shape index (κ3) is 4.83. The van der Waals surface area contributed by atoms with E-state index >= 15 is 0 Å². The predicted octanol–water partition coefficient (Wildman–Crippen LogP) is 2.14. The Labute approximate surface area is 152 Å². The molecule has 0 aromatic carbocycles. The van der Waals surface area contributed by atoms with Crippen molar-refractivity contribution in [2.45, 2.75) is 46.5 Å². The van der Waals surface area contributed by atoms with Crippen LogP contribution in [0.25, 0.3) is 0 Å². The molecule has 2 aromatic rings. The molecule has 0 fully saturated rings.